The maximum Gasteiger partial charge on any atom is 0.321 e. The molecule has 0 amide bonds. The van der Waals surface area contributed by atoms with Gasteiger partial charge in [0.05, 0.1) is 0 Å². The molecule has 0 bridgehead atoms. The maximum atomic E-state index is 12.0. The SMILES string of the molecule is CCCCCCCC/C=C/CCCCCCCCCCC/C=C1/OC(=O)C1CCCCCCCCCCC/C=C/CCCCCCCC. The molecule has 48 heavy (non-hydrogen) atoms. The molecule has 0 aliphatic carbocycles. The first-order chi connectivity index (χ1) is 23.8. The number of ether oxygens (including phenoxy) is 1. The average molecular weight is 669 g/mol. The van der Waals surface area contributed by atoms with Crippen molar-refractivity contribution in [2.45, 2.75) is 245 Å². The molecule has 2 heteroatoms. The van der Waals surface area contributed by atoms with E-state index in [4.69, 9.17) is 4.74 Å². The van der Waals surface area contributed by atoms with Crippen molar-refractivity contribution in [3.8, 4) is 0 Å². The van der Waals surface area contributed by atoms with Gasteiger partial charge in [0, 0.05) is 0 Å². The average Bonchev–Trinajstić information content (AvgIpc) is 3.09. The molecule has 280 valence electrons. The van der Waals surface area contributed by atoms with Crippen molar-refractivity contribution >= 4 is 5.97 Å². The lowest BCUT2D eigenvalue weighted by Crippen LogP contribution is -2.32. The van der Waals surface area contributed by atoms with Crippen LogP contribution in [0.2, 0.25) is 0 Å². The Labute approximate surface area is 301 Å². The second-order valence-electron chi connectivity index (χ2n) is 15.2. The lowest BCUT2D eigenvalue weighted by atomic mass is 9.93. The van der Waals surface area contributed by atoms with Crippen LogP contribution in [0.4, 0.5) is 0 Å². The van der Waals surface area contributed by atoms with Crippen LogP contribution in [0.25, 0.3) is 0 Å². The molecule has 1 fully saturated rings. The summed E-state index contributed by atoms with van der Waals surface area (Å²) in [6.45, 7) is 4.58. The third kappa shape index (κ3) is 29.6. The summed E-state index contributed by atoms with van der Waals surface area (Å²) in [5.41, 5.74) is 0. The van der Waals surface area contributed by atoms with Crippen molar-refractivity contribution in [1.82, 2.24) is 0 Å². The molecular weight excluding hydrogens is 585 g/mol. The zero-order chi connectivity index (χ0) is 34.4. The van der Waals surface area contributed by atoms with Gasteiger partial charge in [-0.05, 0) is 76.7 Å². The number of unbranched alkanes of at least 4 members (excludes halogenated alkanes) is 31. The number of cyclic esters (lactones) is 1. The zero-order valence-electron chi connectivity index (χ0n) is 32.7. The highest BCUT2D eigenvalue weighted by Crippen LogP contribution is 2.32. The first-order valence-corrected chi connectivity index (χ1v) is 22.0. The molecule has 0 N–H and O–H groups in total. The van der Waals surface area contributed by atoms with Gasteiger partial charge in [0.2, 0.25) is 0 Å². The number of hydrogen-bond acceptors (Lipinski definition) is 2. The van der Waals surface area contributed by atoms with Gasteiger partial charge in [0.15, 0.2) is 0 Å². The maximum absolute atomic E-state index is 12.0. The molecule has 0 radical (unpaired) electrons. The molecule has 0 aromatic rings. The van der Waals surface area contributed by atoms with Crippen molar-refractivity contribution in [1.29, 1.82) is 0 Å². The Morgan fingerprint density at radius 2 is 0.688 bits per heavy atom. The van der Waals surface area contributed by atoms with Crippen LogP contribution in [0.15, 0.2) is 36.1 Å². The molecular formula is C46H84O2. The van der Waals surface area contributed by atoms with Crippen LogP contribution in [0.1, 0.15) is 245 Å². The Kier molecular flexibility index (Phi) is 34.4. The Balaban J connectivity index is 1.82. The van der Waals surface area contributed by atoms with E-state index in [0.717, 1.165) is 25.0 Å². The Bertz CT molecular complexity index is 762. The predicted molar refractivity (Wildman–Crippen MR) is 214 cm³/mol. The van der Waals surface area contributed by atoms with Crippen LogP contribution in [0.5, 0.6) is 0 Å². The van der Waals surface area contributed by atoms with Crippen molar-refractivity contribution in [2.24, 2.45) is 5.92 Å². The van der Waals surface area contributed by atoms with E-state index in [1.807, 2.05) is 0 Å². The van der Waals surface area contributed by atoms with Gasteiger partial charge < -0.3 is 4.74 Å². The lowest BCUT2D eigenvalue weighted by molar-refractivity contribution is -0.157. The van der Waals surface area contributed by atoms with Crippen molar-refractivity contribution in [3.05, 3.63) is 36.1 Å². The van der Waals surface area contributed by atoms with E-state index in [2.05, 4.69) is 44.2 Å². The first-order valence-electron chi connectivity index (χ1n) is 22.0. The molecule has 1 atom stereocenters. The largest absolute Gasteiger partial charge is 0.430 e. The fourth-order valence-corrected chi connectivity index (χ4v) is 7.05. The van der Waals surface area contributed by atoms with Crippen LogP contribution in [-0.4, -0.2) is 5.97 Å². The van der Waals surface area contributed by atoms with Gasteiger partial charge in [0.25, 0.3) is 0 Å². The quantitative estimate of drug-likeness (QED) is 0.0372. The van der Waals surface area contributed by atoms with Crippen LogP contribution < -0.4 is 0 Å². The molecule has 0 aromatic heterocycles. The minimum absolute atomic E-state index is 0.0164. The summed E-state index contributed by atoms with van der Waals surface area (Å²) in [6, 6.07) is 0. The summed E-state index contributed by atoms with van der Waals surface area (Å²) in [6.07, 6.45) is 60.1. The molecule has 1 rings (SSSR count). The predicted octanol–water partition coefficient (Wildman–Crippen LogP) is 16.2. The molecule has 1 heterocycles. The van der Waals surface area contributed by atoms with Crippen LogP contribution in [0.3, 0.4) is 0 Å². The smallest absolute Gasteiger partial charge is 0.321 e. The third-order valence-corrected chi connectivity index (χ3v) is 10.4. The molecule has 0 spiro atoms. The summed E-state index contributed by atoms with van der Waals surface area (Å²) < 4.78 is 5.40. The molecule has 1 unspecified atom stereocenters. The van der Waals surface area contributed by atoms with Crippen molar-refractivity contribution in [3.63, 3.8) is 0 Å². The van der Waals surface area contributed by atoms with Crippen molar-refractivity contribution in [2.75, 3.05) is 0 Å². The van der Waals surface area contributed by atoms with Crippen LogP contribution in [-0.2, 0) is 9.53 Å². The Morgan fingerprint density at radius 1 is 0.396 bits per heavy atom. The summed E-state index contributed by atoms with van der Waals surface area (Å²) in [5, 5.41) is 0. The van der Waals surface area contributed by atoms with Gasteiger partial charge >= 0.3 is 5.97 Å². The normalized spacial score (nSPS) is 15.7. The zero-order valence-corrected chi connectivity index (χ0v) is 32.7. The highest BCUT2D eigenvalue weighted by molar-refractivity contribution is 5.82. The monoisotopic (exact) mass is 669 g/mol. The summed E-state index contributed by atoms with van der Waals surface area (Å²) in [4.78, 5) is 12.0. The molecule has 0 aromatic carbocycles. The molecule has 1 aliphatic heterocycles. The van der Waals surface area contributed by atoms with Crippen LogP contribution >= 0.6 is 0 Å². The fourth-order valence-electron chi connectivity index (χ4n) is 7.05. The van der Waals surface area contributed by atoms with Gasteiger partial charge in [-0.2, -0.15) is 0 Å². The lowest BCUT2D eigenvalue weighted by Gasteiger charge is -2.28. The van der Waals surface area contributed by atoms with E-state index in [1.54, 1.807) is 0 Å². The summed E-state index contributed by atoms with van der Waals surface area (Å²) in [7, 11) is 0. The van der Waals surface area contributed by atoms with Gasteiger partial charge in [0.1, 0.15) is 11.7 Å². The van der Waals surface area contributed by atoms with E-state index in [0.29, 0.717) is 0 Å². The fraction of sp³-hybridized carbons (Fsp3) is 0.848. The molecule has 2 nitrogen and oxygen atoms in total. The highest BCUT2D eigenvalue weighted by atomic mass is 16.6. The summed E-state index contributed by atoms with van der Waals surface area (Å²) in [5.74, 6) is 1.07. The standard InChI is InChI=1S/C46H84O2/c1-3-5-7-9-11-13-15-17-19-21-23-25-27-29-31-33-35-37-39-41-43-45-44(46(47)48-45)42-40-38-36-34-32-30-28-26-24-22-20-18-16-14-12-10-8-6-4-2/h17-20,43-44H,3-16,21-42H2,1-2H3/b19-17+,20-18+,45-43+. The second-order valence-corrected chi connectivity index (χ2v) is 15.2. The van der Waals surface area contributed by atoms with Crippen molar-refractivity contribution < 1.29 is 9.53 Å². The van der Waals surface area contributed by atoms with Crippen LogP contribution in [0, 0.1) is 5.92 Å². The van der Waals surface area contributed by atoms with E-state index >= 15 is 0 Å². The van der Waals surface area contributed by atoms with E-state index in [9.17, 15) is 4.79 Å². The first kappa shape index (κ1) is 44.7. The third-order valence-electron chi connectivity index (χ3n) is 10.4. The van der Waals surface area contributed by atoms with Gasteiger partial charge in [-0.1, -0.05) is 199 Å². The summed E-state index contributed by atoms with van der Waals surface area (Å²) >= 11 is 0. The number of allylic oxidation sites excluding steroid dienone is 5. The number of rotatable bonds is 38. The second kappa shape index (κ2) is 37.0. The van der Waals surface area contributed by atoms with Gasteiger partial charge in [-0.15, -0.1) is 0 Å². The molecule has 1 saturated heterocycles. The Hall–Kier alpha value is -1.31. The van der Waals surface area contributed by atoms with E-state index in [-0.39, 0.29) is 11.9 Å². The number of carbonyl (C=O) groups is 1. The minimum Gasteiger partial charge on any atom is -0.430 e. The molecule has 0 saturated carbocycles. The van der Waals surface area contributed by atoms with Gasteiger partial charge in [-0.25, -0.2) is 0 Å². The number of hydrogen-bond donors (Lipinski definition) is 0. The van der Waals surface area contributed by atoms with E-state index in [1.165, 1.54) is 212 Å². The minimum atomic E-state index is 0.0164. The highest BCUT2D eigenvalue weighted by Gasteiger charge is 2.36. The van der Waals surface area contributed by atoms with Gasteiger partial charge in [-0.3, -0.25) is 4.79 Å². The number of carbonyl (C=O) groups excluding carboxylic acids is 1. The topological polar surface area (TPSA) is 26.3 Å². The molecule has 1 aliphatic rings. The number of esters is 1. The Morgan fingerprint density at radius 3 is 1.02 bits per heavy atom. The van der Waals surface area contributed by atoms with E-state index < -0.39 is 0 Å².